The number of nitrogens with zero attached hydrogens (tertiary/aromatic N) is 1. The maximum Gasteiger partial charge on any atom is 0.143 e. The van der Waals surface area contributed by atoms with Crippen LogP contribution in [0.4, 0.5) is 0 Å². The van der Waals surface area contributed by atoms with Gasteiger partial charge in [-0.05, 0) is 53.3 Å². The fourth-order valence-electron chi connectivity index (χ4n) is 2.17. The molecule has 1 heterocycles. The lowest BCUT2D eigenvalue weighted by molar-refractivity contribution is 0.316. The first kappa shape index (κ1) is 14.8. The van der Waals surface area contributed by atoms with E-state index in [-0.39, 0.29) is 0 Å². The van der Waals surface area contributed by atoms with Gasteiger partial charge in [-0.2, -0.15) is 0 Å². The number of fused-ring (bicyclic) bond motifs is 1. The van der Waals surface area contributed by atoms with Crippen LogP contribution in [0.5, 0.6) is 5.75 Å². The third-order valence-corrected chi connectivity index (χ3v) is 4.36. The number of nitrogens with one attached hydrogen (secondary N) is 1. The molecule has 108 valence electrons. The number of hydrogen-bond donors (Lipinski definition) is 1. The number of imidazole rings is 1. The molecular formula is C16H14BrIN2O. The van der Waals surface area contributed by atoms with E-state index in [0.29, 0.717) is 6.61 Å². The van der Waals surface area contributed by atoms with Gasteiger partial charge in [-0.3, -0.25) is 0 Å². The zero-order chi connectivity index (χ0) is 14.8. The minimum absolute atomic E-state index is 0.699. The first-order chi connectivity index (χ1) is 10.2. The Hall–Kier alpha value is -1.08. The van der Waals surface area contributed by atoms with Gasteiger partial charge in [0.2, 0.25) is 0 Å². The Morgan fingerprint density at radius 1 is 1.29 bits per heavy atom. The minimum Gasteiger partial charge on any atom is -0.492 e. The van der Waals surface area contributed by atoms with Crippen LogP contribution in [-0.4, -0.2) is 16.6 Å². The molecule has 0 aliphatic rings. The van der Waals surface area contributed by atoms with Gasteiger partial charge in [0.25, 0.3) is 0 Å². The minimum atomic E-state index is 0.699. The SMILES string of the molecule is CCCOc1c(I)cc(Br)cc1-c1nc2ccccc2[nH]1. The quantitative estimate of drug-likeness (QED) is 0.534. The van der Waals surface area contributed by atoms with Crippen LogP contribution in [0, 0.1) is 3.57 Å². The van der Waals surface area contributed by atoms with Gasteiger partial charge in [0.05, 0.1) is 26.8 Å². The highest BCUT2D eigenvalue weighted by molar-refractivity contribution is 14.1. The Balaban J connectivity index is 2.15. The first-order valence-electron chi connectivity index (χ1n) is 6.76. The maximum atomic E-state index is 5.93. The number of benzene rings is 2. The Kier molecular flexibility index (Phi) is 4.49. The van der Waals surface area contributed by atoms with Crippen molar-refractivity contribution in [2.24, 2.45) is 0 Å². The molecule has 1 N–H and O–H groups in total. The fraction of sp³-hybridized carbons (Fsp3) is 0.188. The van der Waals surface area contributed by atoms with Crippen molar-refractivity contribution in [2.45, 2.75) is 13.3 Å². The summed E-state index contributed by atoms with van der Waals surface area (Å²) in [5.74, 6) is 1.72. The predicted octanol–water partition coefficient (Wildman–Crippen LogP) is 5.39. The summed E-state index contributed by atoms with van der Waals surface area (Å²) in [6.07, 6.45) is 0.978. The number of aromatic nitrogens is 2. The van der Waals surface area contributed by atoms with Crippen molar-refractivity contribution in [3.8, 4) is 17.1 Å². The van der Waals surface area contributed by atoms with E-state index < -0.39 is 0 Å². The van der Waals surface area contributed by atoms with Gasteiger partial charge in [-0.25, -0.2) is 4.98 Å². The second-order valence-corrected chi connectivity index (χ2v) is 6.79. The lowest BCUT2D eigenvalue weighted by atomic mass is 10.2. The molecule has 2 aromatic carbocycles. The highest BCUT2D eigenvalue weighted by atomic mass is 127. The van der Waals surface area contributed by atoms with Crippen molar-refractivity contribution < 1.29 is 4.74 Å². The molecule has 0 fully saturated rings. The van der Waals surface area contributed by atoms with E-state index in [4.69, 9.17) is 4.74 Å². The largest absolute Gasteiger partial charge is 0.492 e. The molecule has 1 aromatic heterocycles. The molecule has 0 spiro atoms. The van der Waals surface area contributed by atoms with Crippen molar-refractivity contribution in [3.63, 3.8) is 0 Å². The van der Waals surface area contributed by atoms with E-state index in [1.54, 1.807) is 0 Å². The second-order valence-electron chi connectivity index (χ2n) is 4.72. The molecule has 3 aromatic rings. The van der Waals surface area contributed by atoms with E-state index in [9.17, 15) is 0 Å². The van der Waals surface area contributed by atoms with E-state index >= 15 is 0 Å². The van der Waals surface area contributed by atoms with E-state index in [1.165, 1.54) is 0 Å². The first-order valence-corrected chi connectivity index (χ1v) is 8.63. The zero-order valence-electron chi connectivity index (χ0n) is 11.5. The lowest BCUT2D eigenvalue weighted by Crippen LogP contribution is -2.00. The zero-order valence-corrected chi connectivity index (χ0v) is 15.2. The summed E-state index contributed by atoms with van der Waals surface area (Å²) in [5.41, 5.74) is 2.98. The highest BCUT2D eigenvalue weighted by Gasteiger charge is 2.15. The fourth-order valence-corrected chi connectivity index (χ4v) is 3.83. The van der Waals surface area contributed by atoms with E-state index in [1.807, 2.05) is 30.3 Å². The van der Waals surface area contributed by atoms with Gasteiger partial charge >= 0.3 is 0 Å². The molecular weight excluding hydrogens is 443 g/mol. The summed E-state index contributed by atoms with van der Waals surface area (Å²) in [6, 6.07) is 12.1. The van der Waals surface area contributed by atoms with Crippen LogP contribution < -0.4 is 4.74 Å². The van der Waals surface area contributed by atoms with Crippen LogP contribution in [0.15, 0.2) is 40.9 Å². The Bertz CT molecular complexity index is 752. The van der Waals surface area contributed by atoms with Crippen molar-refractivity contribution in [3.05, 3.63) is 44.4 Å². The standard InChI is InChI=1S/C16H14BrIN2O/c1-2-7-21-15-11(8-10(17)9-12(15)18)16-19-13-5-3-4-6-14(13)20-16/h3-6,8-9H,2,7H2,1H3,(H,19,20). The molecule has 0 aliphatic heterocycles. The number of rotatable bonds is 4. The van der Waals surface area contributed by atoms with Gasteiger partial charge in [0.15, 0.2) is 0 Å². The Labute approximate surface area is 145 Å². The van der Waals surface area contributed by atoms with Crippen molar-refractivity contribution >= 4 is 49.6 Å². The number of para-hydroxylation sites is 2. The summed E-state index contributed by atoms with van der Waals surface area (Å²) in [5, 5.41) is 0. The molecule has 0 amide bonds. The van der Waals surface area contributed by atoms with Crippen LogP contribution in [0.3, 0.4) is 0 Å². The number of ether oxygens (including phenoxy) is 1. The lowest BCUT2D eigenvalue weighted by Gasteiger charge is -2.12. The topological polar surface area (TPSA) is 37.9 Å². The average Bonchev–Trinajstić information content (AvgIpc) is 2.89. The molecule has 0 radical (unpaired) electrons. The van der Waals surface area contributed by atoms with E-state index in [0.717, 1.165) is 42.6 Å². The molecule has 0 bridgehead atoms. The third-order valence-electron chi connectivity index (χ3n) is 3.10. The maximum absolute atomic E-state index is 5.93. The van der Waals surface area contributed by atoms with E-state index in [2.05, 4.69) is 61.5 Å². The molecule has 0 atom stereocenters. The normalized spacial score (nSPS) is 11.0. The van der Waals surface area contributed by atoms with Crippen LogP contribution in [0.1, 0.15) is 13.3 Å². The van der Waals surface area contributed by atoms with Crippen LogP contribution >= 0.6 is 38.5 Å². The van der Waals surface area contributed by atoms with Gasteiger partial charge in [0, 0.05) is 4.47 Å². The summed E-state index contributed by atoms with van der Waals surface area (Å²) in [4.78, 5) is 8.04. The summed E-state index contributed by atoms with van der Waals surface area (Å²) in [7, 11) is 0. The summed E-state index contributed by atoms with van der Waals surface area (Å²) in [6.45, 7) is 2.80. The van der Waals surface area contributed by atoms with Gasteiger partial charge in [-0.15, -0.1) is 0 Å². The molecule has 21 heavy (non-hydrogen) atoms. The van der Waals surface area contributed by atoms with Crippen LogP contribution in [0.2, 0.25) is 0 Å². The Morgan fingerprint density at radius 3 is 2.86 bits per heavy atom. The molecule has 0 saturated carbocycles. The van der Waals surface area contributed by atoms with Crippen LogP contribution in [-0.2, 0) is 0 Å². The third kappa shape index (κ3) is 3.08. The molecule has 0 aliphatic carbocycles. The van der Waals surface area contributed by atoms with Gasteiger partial charge in [-0.1, -0.05) is 35.0 Å². The summed E-state index contributed by atoms with van der Waals surface area (Å²) < 4.78 is 8.03. The monoisotopic (exact) mass is 456 g/mol. The number of halogens is 2. The molecule has 0 unspecified atom stereocenters. The molecule has 0 saturated heterocycles. The van der Waals surface area contributed by atoms with Crippen molar-refractivity contribution in [1.29, 1.82) is 0 Å². The smallest absolute Gasteiger partial charge is 0.143 e. The van der Waals surface area contributed by atoms with Crippen molar-refractivity contribution in [1.82, 2.24) is 9.97 Å². The predicted molar refractivity (Wildman–Crippen MR) is 97.7 cm³/mol. The van der Waals surface area contributed by atoms with Gasteiger partial charge in [0.1, 0.15) is 11.6 Å². The highest BCUT2D eigenvalue weighted by Crippen LogP contribution is 2.36. The molecule has 5 heteroatoms. The number of H-pyrrole nitrogens is 1. The van der Waals surface area contributed by atoms with Gasteiger partial charge < -0.3 is 9.72 Å². The number of aromatic amines is 1. The molecule has 3 rings (SSSR count). The second kappa shape index (κ2) is 6.36. The average molecular weight is 457 g/mol. The van der Waals surface area contributed by atoms with Crippen molar-refractivity contribution in [2.75, 3.05) is 6.61 Å². The Morgan fingerprint density at radius 2 is 2.10 bits per heavy atom. The number of hydrogen-bond acceptors (Lipinski definition) is 2. The van der Waals surface area contributed by atoms with Crippen LogP contribution in [0.25, 0.3) is 22.4 Å². The molecule has 3 nitrogen and oxygen atoms in total. The summed E-state index contributed by atoms with van der Waals surface area (Å²) >= 11 is 5.85.